The highest BCUT2D eigenvalue weighted by Gasteiger charge is 2.16. The molecule has 1 aliphatic rings. The Kier molecular flexibility index (Phi) is 9.24. The lowest BCUT2D eigenvalue weighted by Gasteiger charge is -2.26. The molecular formula is C27H34F2N6O3. The van der Waals surface area contributed by atoms with Crippen molar-refractivity contribution in [3.63, 3.8) is 0 Å². The molecule has 1 fully saturated rings. The molecule has 11 heteroatoms. The molecule has 0 saturated carbocycles. The van der Waals surface area contributed by atoms with Crippen LogP contribution in [0.15, 0.2) is 42.7 Å². The fourth-order valence-electron chi connectivity index (χ4n) is 4.02. The molecule has 1 aliphatic heterocycles. The minimum Gasteiger partial charge on any atom is -0.493 e. The zero-order valence-electron chi connectivity index (χ0n) is 21.7. The van der Waals surface area contributed by atoms with Crippen LogP contribution in [0.5, 0.6) is 5.75 Å². The van der Waals surface area contributed by atoms with Crippen LogP contribution < -0.4 is 20.7 Å². The van der Waals surface area contributed by atoms with Crippen molar-refractivity contribution >= 4 is 34.1 Å². The summed E-state index contributed by atoms with van der Waals surface area (Å²) < 4.78 is 39.8. The molecule has 2 aromatic carbocycles. The van der Waals surface area contributed by atoms with E-state index in [1.807, 2.05) is 0 Å². The van der Waals surface area contributed by atoms with E-state index in [1.165, 1.54) is 26.2 Å². The largest absolute Gasteiger partial charge is 0.493 e. The zero-order valence-corrected chi connectivity index (χ0v) is 21.7. The van der Waals surface area contributed by atoms with Crippen LogP contribution in [-0.2, 0) is 4.74 Å². The quantitative estimate of drug-likeness (QED) is 0.305. The number of amides is 2. The first-order valence-electron chi connectivity index (χ1n) is 12.7. The molecule has 2 heterocycles. The minimum absolute atomic E-state index is 0.218. The van der Waals surface area contributed by atoms with Crippen molar-refractivity contribution < 1.29 is 23.0 Å². The summed E-state index contributed by atoms with van der Waals surface area (Å²) in [4.78, 5) is 22.8. The van der Waals surface area contributed by atoms with Crippen LogP contribution in [0.25, 0.3) is 10.9 Å². The number of carbonyl (C=O) groups is 1. The van der Waals surface area contributed by atoms with E-state index in [0.717, 1.165) is 39.3 Å². The molecule has 0 spiro atoms. The summed E-state index contributed by atoms with van der Waals surface area (Å²) in [7, 11) is 0. The van der Waals surface area contributed by atoms with E-state index in [0.29, 0.717) is 35.1 Å². The summed E-state index contributed by atoms with van der Waals surface area (Å²) in [5, 5.41) is 8.68. The summed E-state index contributed by atoms with van der Waals surface area (Å²) in [6, 6.07) is 9.50. The lowest BCUT2D eigenvalue weighted by Crippen LogP contribution is -2.37. The number of nitrogens with zero attached hydrogens (tertiary/aromatic N) is 3. The highest BCUT2D eigenvalue weighted by Crippen LogP contribution is 2.29. The maximum atomic E-state index is 15.1. The van der Waals surface area contributed by atoms with E-state index >= 15 is 4.39 Å². The van der Waals surface area contributed by atoms with Crippen molar-refractivity contribution in [2.75, 3.05) is 56.6 Å². The SMILES string of the molecule is CC(C)(F)CCNC(=O)Nc1ccc(Nc2ncnc3cc(OCCCN4CCOCC4)cc(F)c23)cc1. The van der Waals surface area contributed by atoms with Crippen LogP contribution in [0.3, 0.4) is 0 Å². The monoisotopic (exact) mass is 528 g/mol. The average Bonchev–Trinajstić information content (AvgIpc) is 2.87. The van der Waals surface area contributed by atoms with Gasteiger partial charge in [0.15, 0.2) is 0 Å². The van der Waals surface area contributed by atoms with Gasteiger partial charge in [-0.3, -0.25) is 4.90 Å². The van der Waals surface area contributed by atoms with Crippen LogP contribution in [0, 0.1) is 5.82 Å². The molecule has 38 heavy (non-hydrogen) atoms. The molecule has 4 rings (SSSR count). The predicted octanol–water partition coefficient (Wildman–Crippen LogP) is 4.87. The van der Waals surface area contributed by atoms with Crippen LogP contribution in [0.1, 0.15) is 26.7 Å². The maximum absolute atomic E-state index is 15.1. The molecule has 0 bridgehead atoms. The molecular weight excluding hydrogens is 494 g/mol. The van der Waals surface area contributed by atoms with E-state index in [1.54, 1.807) is 30.3 Å². The number of fused-ring (bicyclic) bond motifs is 1. The summed E-state index contributed by atoms with van der Waals surface area (Å²) in [5.41, 5.74) is 0.292. The van der Waals surface area contributed by atoms with E-state index in [-0.39, 0.29) is 18.4 Å². The molecule has 2 amide bonds. The van der Waals surface area contributed by atoms with Gasteiger partial charge in [-0.05, 0) is 51.0 Å². The van der Waals surface area contributed by atoms with Crippen molar-refractivity contribution in [1.82, 2.24) is 20.2 Å². The Labute approximate surface area is 220 Å². The number of benzene rings is 2. The first-order valence-corrected chi connectivity index (χ1v) is 12.7. The summed E-state index contributed by atoms with van der Waals surface area (Å²) in [5.74, 6) is 0.254. The Bertz CT molecular complexity index is 1210. The predicted molar refractivity (Wildman–Crippen MR) is 143 cm³/mol. The van der Waals surface area contributed by atoms with Crippen LogP contribution in [0.2, 0.25) is 0 Å². The normalized spacial score (nSPS) is 14.3. The van der Waals surface area contributed by atoms with Gasteiger partial charge in [0.2, 0.25) is 0 Å². The molecule has 3 N–H and O–H groups in total. The smallest absolute Gasteiger partial charge is 0.319 e. The number of morpholine rings is 1. The van der Waals surface area contributed by atoms with Gasteiger partial charge in [0.25, 0.3) is 0 Å². The van der Waals surface area contributed by atoms with Gasteiger partial charge in [-0.1, -0.05) is 0 Å². The molecule has 9 nitrogen and oxygen atoms in total. The summed E-state index contributed by atoms with van der Waals surface area (Å²) in [6.07, 6.45) is 2.42. The van der Waals surface area contributed by atoms with Crippen molar-refractivity contribution in [3.8, 4) is 5.75 Å². The number of aromatic nitrogens is 2. The van der Waals surface area contributed by atoms with Crippen molar-refractivity contribution in [2.24, 2.45) is 0 Å². The number of carbonyl (C=O) groups excluding carboxylic acids is 1. The molecule has 0 unspecified atom stereocenters. The number of nitrogens with one attached hydrogen (secondary N) is 3. The lowest BCUT2D eigenvalue weighted by atomic mass is 10.1. The van der Waals surface area contributed by atoms with Gasteiger partial charge in [0.05, 0.1) is 30.7 Å². The summed E-state index contributed by atoms with van der Waals surface area (Å²) >= 11 is 0. The molecule has 3 aromatic rings. The van der Waals surface area contributed by atoms with E-state index in [9.17, 15) is 9.18 Å². The number of urea groups is 1. The van der Waals surface area contributed by atoms with Gasteiger partial charge in [-0.2, -0.15) is 0 Å². The van der Waals surface area contributed by atoms with Crippen LogP contribution >= 0.6 is 0 Å². The van der Waals surface area contributed by atoms with Gasteiger partial charge in [0, 0.05) is 49.7 Å². The Morgan fingerprint density at radius 2 is 1.87 bits per heavy atom. The highest BCUT2D eigenvalue weighted by molar-refractivity contribution is 5.92. The second-order valence-electron chi connectivity index (χ2n) is 9.73. The van der Waals surface area contributed by atoms with Gasteiger partial charge in [0.1, 0.15) is 29.4 Å². The number of rotatable bonds is 11. The number of alkyl halides is 1. The molecule has 204 valence electrons. The standard InChI is InChI=1S/C27H34F2N6O3/c1-27(2,29)8-9-30-26(36)34-20-6-4-19(5-7-20)33-25-24-22(28)16-21(17-23(24)31-18-32-25)38-13-3-10-35-11-14-37-15-12-35/h4-7,16-18H,3,8-15H2,1-2H3,(H2,30,34,36)(H,31,32,33). The molecule has 1 aromatic heterocycles. The molecule has 0 aliphatic carbocycles. The van der Waals surface area contributed by atoms with Crippen molar-refractivity contribution in [1.29, 1.82) is 0 Å². The van der Waals surface area contributed by atoms with E-state index < -0.39 is 17.5 Å². The third-order valence-corrected chi connectivity index (χ3v) is 6.07. The first kappa shape index (κ1) is 27.5. The fourth-order valence-corrected chi connectivity index (χ4v) is 4.02. The summed E-state index contributed by atoms with van der Waals surface area (Å²) in [6.45, 7) is 7.90. The number of halogens is 2. The van der Waals surface area contributed by atoms with Crippen molar-refractivity contribution in [2.45, 2.75) is 32.4 Å². The molecule has 1 saturated heterocycles. The van der Waals surface area contributed by atoms with Gasteiger partial charge < -0.3 is 25.4 Å². The maximum Gasteiger partial charge on any atom is 0.319 e. The van der Waals surface area contributed by atoms with Crippen LogP contribution in [0.4, 0.5) is 30.8 Å². The third kappa shape index (κ3) is 8.22. The number of hydrogen-bond acceptors (Lipinski definition) is 7. The van der Waals surface area contributed by atoms with Gasteiger partial charge in [-0.15, -0.1) is 0 Å². The zero-order chi connectivity index (χ0) is 27.0. The van der Waals surface area contributed by atoms with Gasteiger partial charge in [-0.25, -0.2) is 23.5 Å². The Balaban J connectivity index is 1.33. The van der Waals surface area contributed by atoms with E-state index in [2.05, 4.69) is 30.8 Å². The molecule has 0 atom stereocenters. The van der Waals surface area contributed by atoms with Crippen LogP contribution in [-0.4, -0.2) is 72.6 Å². The minimum atomic E-state index is -1.34. The second-order valence-corrected chi connectivity index (χ2v) is 9.73. The van der Waals surface area contributed by atoms with E-state index in [4.69, 9.17) is 9.47 Å². The number of anilines is 3. The third-order valence-electron chi connectivity index (χ3n) is 6.07. The second kappa shape index (κ2) is 12.8. The number of ether oxygens (including phenoxy) is 2. The molecule has 0 radical (unpaired) electrons. The first-order chi connectivity index (χ1) is 18.3. The fraction of sp³-hybridized carbons (Fsp3) is 0.444. The number of hydrogen-bond donors (Lipinski definition) is 3. The Hall–Kier alpha value is -3.57. The van der Waals surface area contributed by atoms with Crippen molar-refractivity contribution in [3.05, 3.63) is 48.5 Å². The average molecular weight is 529 g/mol. The Morgan fingerprint density at radius 1 is 1.13 bits per heavy atom. The highest BCUT2D eigenvalue weighted by atomic mass is 19.1. The Morgan fingerprint density at radius 3 is 2.61 bits per heavy atom. The van der Waals surface area contributed by atoms with Gasteiger partial charge >= 0.3 is 6.03 Å². The lowest BCUT2D eigenvalue weighted by molar-refractivity contribution is 0.0358. The topological polar surface area (TPSA) is 101 Å².